The summed E-state index contributed by atoms with van der Waals surface area (Å²) < 4.78 is 23.8. The van der Waals surface area contributed by atoms with Crippen LogP contribution in [0.25, 0.3) is 4.83 Å². The largest absolute Gasteiger partial charge is 0.491 e. The topological polar surface area (TPSA) is 104 Å². The zero-order valence-electron chi connectivity index (χ0n) is 11.6. The van der Waals surface area contributed by atoms with Crippen LogP contribution in [0.4, 0.5) is 5.69 Å². The lowest BCUT2D eigenvalue weighted by atomic mass is 10.2. The highest BCUT2D eigenvalue weighted by Gasteiger charge is 2.04. The highest BCUT2D eigenvalue weighted by atomic mass is 32.2. The van der Waals surface area contributed by atoms with Gasteiger partial charge in [-0.1, -0.05) is 17.7 Å². The average molecular weight is 318 g/mol. The molecule has 0 heterocycles. The number of nitro benzene ring substituents is 1. The minimum atomic E-state index is -3.85. The van der Waals surface area contributed by atoms with Crippen LogP contribution < -0.4 is 0 Å². The first-order valence-corrected chi connectivity index (χ1v) is 7.64. The molecule has 2 aromatic carbocycles. The maximum absolute atomic E-state index is 11.9. The molecule has 0 saturated carbocycles. The van der Waals surface area contributed by atoms with Gasteiger partial charge < -0.3 is 9.93 Å². The fourth-order valence-electron chi connectivity index (χ4n) is 1.59. The molecule has 0 radical (unpaired) electrons. The molecule has 0 unspecified atom stereocenters. The highest BCUT2D eigenvalue weighted by Crippen LogP contribution is 2.17. The average Bonchev–Trinajstić information content (AvgIpc) is 2.48. The van der Waals surface area contributed by atoms with Crippen molar-refractivity contribution < 1.29 is 13.3 Å². The molecular formula is C14H12N3O4S-. The van der Waals surface area contributed by atoms with Gasteiger partial charge in [0, 0.05) is 18.3 Å². The standard InChI is InChI=1S/C14H12N3O4S/c1-11-2-8-14(9-3-11)22(20,21)16-15-10-12-4-6-13(7-5-12)17(18)19/h2-10H,1H3/q-1/b15-10+. The SMILES string of the molecule is Cc1ccc(S(=O)(=O)[N-]/N=C/c2ccc([N+](=O)[O-])cc2)cc1. The van der Waals surface area contributed by atoms with Gasteiger partial charge in [-0.15, -0.1) is 0 Å². The number of non-ortho nitro benzene ring substituents is 1. The van der Waals surface area contributed by atoms with Crippen LogP contribution in [0, 0.1) is 17.0 Å². The van der Waals surface area contributed by atoms with E-state index >= 15 is 0 Å². The minimum absolute atomic E-state index is 0.0543. The van der Waals surface area contributed by atoms with E-state index in [1.165, 1.54) is 42.6 Å². The van der Waals surface area contributed by atoms with Crippen LogP contribution >= 0.6 is 0 Å². The molecule has 0 atom stereocenters. The van der Waals surface area contributed by atoms with Crippen molar-refractivity contribution in [1.82, 2.24) is 0 Å². The van der Waals surface area contributed by atoms with Gasteiger partial charge in [0.1, 0.15) is 10.0 Å². The van der Waals surface area contributed by atoms with E-state index in [4.69, 9.17) is 0 Å². The second-order valence-corrected chi connectivity index (χ2v) is 6.05. The molecule has 0 spiro atoms. The van der Waals surface area contributed by atoms with Gasteiger partial charge in [-0.2, -0.15) is 0 Å². The zero-order valence-corrected chi connectivity index (χ0v) is 12.4. The molecule has 7 nitrogen and oxygen atoms in total. The highest BCUT2D eigenvalue weighted by molar-refractivity contribution is 7.93. The lowest BCUT2D eigenvalue weighted by molar-refractivity contribution is -0.384. The van der Waals surface area contributed by atoms with E-state index in [1.807, 2.05) is 6.92 Å². The summed E-state index contributed by atoms with van der Waals surface area (Å²) in [5.41, 5.74) is 1.39. The van der Waals surface area contributed by atoms with Crippen LogP contribution in [0.2, 0.25) is 0 Å². The molecule has 22 heavy (non-hydrogen) atoms. The first-order chi connectivity index (χ1) is 10.4. The molecule has 0 N–H and O–H groups in total. The van der Waals surface area contributed by atoms with Crippen LogP contribution in [0.3, 0.4) is 0 Å². The molecule has 0 fully saturated rings. The summed E-state index contributed by atoms with van der Waals surface area (Å²) in [6.45, 7) is 1.85. The molecule has 0 saturated heterocycles. The van der Waals surface area contributed by atoms with E-state index in [2.05, 4.69) is 9.93 Å². The van der Waals surface area contributed by atoms with Gasteiger partial charge in [0.15, 0.2) is 0 Å². The van der Waals surface area contributed by atoms with Gasteiger partial charge in [0.05, 0.1) is 9.82 Å². The molecule has 8 heteroatoms. The molecule has 2 aromatic rings. The van der Waals surface area contributed by atoms with Crippen LogP contribution in [0.5, 0.6) is 0 Å². The van der Waals surface area contributed by atoms with E-state index in [9.17, 15) is 18.5 Å². The Balaban J connectivity index is 2.08. The molecular weight excluding hydrogens is 306 g/mol. The third kappa shape index (κ3) is 3.89. The van der Waals surface area contributed by atoms with Crippen LogP contribution in [0.1, 0.15) is 11.1 Å². The maximum atomic E-state index is 11.9. The van der Waals surface area contributed by atoms with Gasteiger partial charge >= 0.3 is 0 Å². The quantitative estimate of drug-likeness (QED) is 0.480. The summed E-state index contributed by atoms with van der Waals surface area (Å²) in [6, 6.07) is 11.8. The molecule has 2 rings (SSSR count). The van der Waals surface area contributed by atoms with Crippen LogP contribution in [-0.2, 0) is 10.0 Å². The monoisotopic (exact) mass is 318 g/mol. The van der Waals surface area contributed by atoms with Gasteiger partial charge in [0.25, 0.3) is 5.69 Å². The fraction of sp³-hybridized carbons (Fsp3) is 0.0714. The molecule has 0 aromatic heterocycles. The first-order valence-electron chi connectivity index (χ1n) is 6.20. The lowest BCUT2D eigenvalue weighted by Crippen LogP contribution is -1.97. The summed E-state index contributed by atoms with van der Waals surface area (Å²) in [5, 5.41) is 14.0. The van der Waals surface area contributed by atoms with Crippen molar-refractivity contribution >= 4 is 21.9 Å². The Labute approximate surface area is 127 Å². The number of hydrogen-bond acceptors (Lipinski definition) is 5. The first kappa shape index (κ1) is 15.6. The summed E-state index contributed by atoms with van der Waals surface area (Å²) in [4.78, 5) is 13.4. The van der Waals surface area contributed by atoms with Crippen molar-refractivity contribution in [2.75, 3.05) is 0 Å². The number of aryl methyl sites for hydroxylation is 1. The number of rotatable bonds is 5. The maximum Gasteiger partial charge on any atom is 0.269 e. The molecule has 0 aliphatic rings. The Kier molecular flexibility index (Phi) is 4.52. The second-order valence-electron chi connectivity index (χ2n) is 4.46. The Hall–Kier alpha value is -2.74. The van der Waals surface area contributed by atoms with Crippen LogP contribution in [0.15, 0.2) is 58.5 Å². The lowest BCUT2D eigenvalue weighted by Gasteiger charge is -2.15. The number of nitrogens with zero attached hydrogens (tertiary/aromatic N) is 3. The van der Waals surface area contributed by atoms with E-state index in [0.717, 1.165) is 5.56 Å². The molecule has 114 valence electrons. The number of nitro groups is 1. The van der Waals surface area contributed by atoms with E-state index in [0.29, 0.717) is 5.56 Å². The van der Waals surface area contributed by atoms with Gasteiger partial charge in [-0.3, -0.25) is 10.1 Å². The third-order valence-electron chi connectivity index (χ3n) is 2.78. The van der Waals surface area contributed by atoms with E-state index < -0.39 is 14.9 Å². The van der Waals surface area contributed by atoms with E-state index in [-0.39, 0.29) is 10.6 Å². The third-order valence-corrected chi connectivity index (χ3v) is 3.96. The van der Waals surface area contributed by atoms with Crippen molar-refractivity contribution in [1.29, 1.82) is 0 Å². The van der Waals surface area contributed by atoms with E-state index in [1.54, 1.807) is 12.1 Å². The number of benzene rings is 2. The smallest absolute Gasteiger partial charge is 0.269 e. The Morgan fingerprint density at radius 3 is 2.23 bits per heavy atom. The summed E-state index contributed by atoms with van der Waals surface area (Å²) >= 11 is 0. The normalized spacial score (nSPS) is 11.5. The predicted octanol–water partition coefficient (Wildman–Crippen LogP) is 3.00. The summed E-state index contributed by atoms with van der Waals surface area (Å²) in [5.74, 6) is 0. The molecule has 0 aliphatic carbocycles. The van der Waals surface area contributed by atoms with Gasteiger partial charge in [0.2, 0.25) is 0 Å². The fourth-order valence-corrected chi connectivity index (χ4v) is 2.34. The van der Waals surface area contributed by atoms with Crippen molar-refractivity contribution in [3.05, 3.63) is 74.6 Å². The van der Waals surface area contributed by atoms with Crippen molar-refractivity contribution in [3.63, 3.8) is 0 Å². The number of sulfonamides is 1. The Bertz CT molecular complexity index is 797. The van der Waals surface area contributed by atoms with Crippen molar-refractivity contribution in [2.24, 2.45) is 5.10 Å². The molecule has 0 aliphatic heterocycles. The zero-order chi connectivity index (χ0) is 16.2. The summed E-state index contributed by atoms with van der Waals surface area (Å²) in [7, 11) is -3.85. The molecule has 0 amide bonds. The molecule has 0 bridgehead atoms. The van der Waals surface area contributed by atoms with Crippen molar-refractivity contribution in [3.8, 4) is 0 Å². The Morgan fingerprint density at radius 1 is 1.09 bits per heavy atom. The van der Waals surface area contributed by atoms with Gasteiger partial charge in [-0.25, -0.2) is 8.42 Å². The van der Waals surface area contributed by atoms with Crippen LogP contribution in [-0.4, -0.2) is 19.6 Å². The summed E-state index contributed by atoms with van der Waals surface area (Å²) in [6.07, 6.45) is 1.22. The second kappa shape index (κ2) is 6.35. The van der Waals surface area contributed by atoms with Gasteiger partial charge in [-0.05, 0) is 36.8 Å². The number of hydrogen-bond donors (Lipinski definition) is 0. The minimum Gasteiger partial charge on any atom is -0.491 e. The van der Waals surface area contributed by atoms with Crippen molar-refractivity contribution in [2.45, 2.75) is 11.8 Å². The Morgan fingerprint density at radius 2 is 1.68 bits per heavy atom. The predicted molar refractivity (Wildman–Crippen MR) is 82.4 cm³/mol.